The fraction of sp³-hybridized carbons (Fsp3) is 0.200. The van der Waals surface area contributed by atoms with Crippen molar-refractivity contribution < 1.29 is 4.74 Å². The largest absolute Gasteiger partial charge is 0.481 e. The van der Waals surface area contributed by atoms with Crippen molar-refractivity contribution >= 4 is 0 Å². The molecule has 0 aliphatic heterocycles. The highest BCUT2D eigenvalue weighted by Crippen LogP contribution is 2.42. The van der Waals surface area contributed by atoms with Crippen molar-refractivity contribution in [3.8, 4) is 17.0 Å². The molecule has 0 spiro atoms. The summed E-state index contributed by atoms with van der Waals surface area (Å²) in [6.45, 7) is 0. The van der Waals surface area contributed by atoms with E-state index in [1.807, 2.05) is 6.20 Å². The van der Waals surface area contributed by atoms with Crippen molar-refractivity contribution in [2.24, 2.45) is 0 Å². The van der Waals surface area contributed by atoms with Crippen LogP contribution in [0.5, 0.6) is 5.88 Å². The predicted octanol–water partition coefficient (Wildman–Crippen LogP) is 4.23. The second-order valence-electron chi connectivity index (χ2n) is 5.82. The summed E-state index contributed by atoms with van der Waals surface area (Å²) >= 11 is 0. The average molecular weight is 302 g/mol. The summed E-state index contributed by atoms with van der Waals surface area (Å²) in [6.07, 6.45) is 5.49. The van der Waals surface area contributed by atoms with Gasteiger partial charge in [-0.15, -0.1) is 0 Å². The molecular weight excluding hydrogens is 284 g/mol. The Morgan fingerprint density at radius 3 is 2.61 bits per heavy atom. The standard InChI is InChI=1S/C20H18N2O/c1-23-20-19(12-21-13-22-20)18-11-10-14-6-2-3-7-15(14)16-8-4-5-9-17(16)18/h2-9,12-13,18H,10-11H2,1H3. The number of hydrogen-bond acceptors (Lipinski definition) is 3. The summed E-state index contributed by atoms with van der Waals surface area (Å²) in [5.41, 5.74) is 6.43. The van der Waals surface area contributed by atoms with E-state index in [1.165, 1.54) is 22.3 Å². The highest BCUT2D eigenvalue weighted by atomic mass is 16.5. The summed E-state index contributed by atoms with van der Waals surface area (Å²) in [5, 5.41) is 0. The molecule has 1 aliphatic carbocycles. The quantitative estimate of drug-likeness (QED) is 0.710. The summed E-state index contributed by atoms with van der Waals surface area (Å²) in [5.74, 6) is 0.917. The number of fused-ring (bicyclic) bond motifs is 3. The van der Waals surface area contributed by atoms with Gasteiger partial charge < -0.3 is 4.74 Å². The zero-order chi connectivity index (χ0) is 15.6. The number of methoxy groups -OCH3 is 1. The number of benzene rings is 2. The highest BCUT2D eigenvalue weighted by Gasteiger charge is 2.26. The lowest BCUT2D eigenvalue weighted by Gasteiger charge is -2.19. The molecule has 0 saturated carbocycles. The van der Waals surface area contributed by atoms with Gasteiger partial charge in [-0.05, 0) is 35.1 Å². The molecule has 2 aromatic carbocycles. The van der Waals surface area contributed by atoms with E-state index in [2.05, 4.69) is 58.5 Å². The van der Waals surface area contributed by atoms with Crippen LogP contribution in [0.3, 0.4) is 0 Å². The lowest BCUT2D eigenvalue weighted by molar-refractivity contribution is 0.388. The lowest BCUT2D eigenvalue weighted by Crippen LogP contribution is -2.06. The van der Waals surface area contributed by atoms with Crippen LogP contribution in [-0.4, -0.2) is 17.1 Å². The van der Waals surface area contributed by atoms with Gasteiger partial charge in [0.2, 0.25) is 5.88 Å². The smallest absolute Gasteiger partial charge is 0.219 e. The normalized spacial score (nSPS) is 16.1. The molecule has 1 aliphatic rings. The van der Waals surface area contributed by atoms with Crippen LogP contribution >= 0.6 is 0 Å². The summed E-state index contributed by atoms with van der Waals surface area (Å²) in [6, 6.07) is 17.3. The first-order chi connectivity index (χ1) is 11.4. The number of aromatic nitrogens is 2. The van der Waals surface area contributed by atoms with Crippen LogP contribution in [0.2, 0.25) is 0 Å². The maximum absolute atomic E-state index is 5.48. The second kappa shape index (κ2) is 5.84. The highest BCUT2D eigenvalue weighted by molar-refractivity contribution is 5.73. The summed E-state index contributed by atoms with van der Waals surface area (Å²) < 4.78 is 5.48. The van der Waals surface area contributed by atoms with Gasteiger partial charge in [0.15, 0.2) is 0 Å². The van der Waals surface area contributed by atoms with E-state index in [4.69, 9.17) is 4.74 Å². The van der Waals surface area contributed by atoms with Crippen LogP contribution in [0.1, 0.15) is 29.0 Å². The van der Waals surface area contributed by atoms with Crippen LogP contribution in [-0.2, 0) is 6.42 Å². The van der Waals surface area contributed by atoms with E-state index in [9.17, 15) is 0 Å². The predicted molar refractivity (Wildman–Crippen MR) is 90.6 cm³/mol. The van der Waals surface area contributed by atoms with Gasteiger partial charge in [-0.25, -0.2) is 9.97 Å². The Kier molecular flexibility index (Phi) is 3.54. The maximum atomic E-state index is 5.48. The number of hydrogen-bond donors (Lipinski definition) is 0. The first-order valence-corrected chi connectivity index (χ1v) is 7.89. The molecule has 0 bridgehead atoms. The third-order valence-corrected chi connectivity index (χ3v) is 4.62. The zero-order valence-electron chi connectivity index (χ0n) is 13.1. The van der Waals surface area contributed by atoms with E-state index < -0.39 is 0 Å². The Bertz CT molecular complexity index is 844. The molecule has 0 N–H and O–H groups in total. The SMILES string of the molecule is COc1ncncc1C1CCc2ccccc2-c2ccccc21. The molecule has 3 nitrogen and oxygen atoms in total. The van der Waals surface area contributed by atoms with E-state index >= 15 is 0 Å². The van der Waals surface area contributed by atoms with Crippen molar-refractivity contribution in [2.45, 2.75) is 18.8 Å². The van der Waals surface area contributed by atoms with Crippen LogP contribution < -0.4 is 4.74 Å². The molecule has 1 heterocycles. The third kappa shape index (κ3) is 2.38. The fourth-order valence-electron chi connectivity index (χ4n) is 3.56. The Morgan fingerprint density at radius 2 is 1.74 bits per heavy atom. The van der Waals surface area contributed by atoms with Crippen molar-refractivity contribution in [3.63, 3.8) is 0 Å². The topological polar surface area (TPSA) is 35.0 Å². The molecule has 1 aromatic heterocycles. The number of aryl methyl sites for hydroxylation is 1. The molecule has 1 unspecified atom stereocenters. The molecule has 0 amide bonds. The van der Waals surface area contributed by atoms with Crippen LogP contribution in [0, 0.1) is 0 Å². The third-order valence-electron chi connectivity index (χ3n) is 4.62. The molecule has 0 fully saturated rings. The van der Waals surface area contributed by atoms with Gasteiger partial charge in [-0.1, -0.05) is 48.5 Å². The van der Waals surface area contributed by atoms with Crippen LogP contribution in [0.4, 0.5) is 0 Å². The first-order valence-electron chi connectivity index (χ1n) is 7.89. The Hall–Kier alpha value is -2.68. The molecule has 114 valence electrons. The van der Waals surface area contributed by atoms with Gasteiger partial charge in [0.1, 0.15) is 6.33 Å². The minimum atomic E-state index is 0.245. The molecule has 4 rings (SSSR count). The van der Waals surface area contributed by atoms with E-state index in [0.29, 0.717) is 5.88 Å². The lowest BCUT2D eigenvalue weighted by atomic mass is 9.87. The van der Waals surface area contributed by atoms with E-state index in [0.717, 1.165) is 18.4 Å². The maximum Gasteiger partial charge on any atom is 0.219 e. The second-order valence-corrected chi connectivity index (χ2v) is 5.82. The minimum Gasteiger partial charge on any atom is -0.481 e. The Labute approximate surface area is 136 Å². The zero-order valence-corrected chi connectivity index (χ0v) is 13.1. The number of nitrogens with zero attached hydrogens (tertiary/aromatic N) is 2. The fourth-order valence-corrected chi connectivity index (χ4v) is 3.56. The molecule has 1 atom stereocenters. The Balaban J connectivity index is 1.92. The van der Waals surface area contributed by atoms with Gasteiger partial charge >= 0.3 is 0 Å². The summed E-state index contributed by atoms with van der Waals surface area (Å²) in [7, 11) is 1.67. The molecular formula is C20H18N2O. The molecule has 3 aromatic rings. The van der Waals surface area contributed by atoms with Gasteiger partial charge in [0.25, 0.3) is 0 Å². The number of rotatable bonds is 2. The minimum absolute atomic E-state index is 0.245. The monoisotopic (exact) mass is 302 g/mol. The first kappa shape index (κ1) is 13.9. The van der Waals surface area contributed by atoms with Crippen molar-refractivity contribution in [1.82, 2.24) is 9.97 Å². The van der Waals surface area contributed by atoms with Gasteiger partial charge in [0, 0.05) is 17.7 Å². The van der Waals surface area contributed by atoms with Crippen LogP contribution in [0.15, 0.2) is 61.1 Å². The number of ether oxygens (including phenoxy) is 1. The molecule has 0 radical (unpaired) electrons. The van der Waals surface area contributed by atoms with E-state index in [1.54, 1.807) is 13.4 Å². The molecule has 0 saturated heterocycles. The average Bonchev–Trinajstić information content (AvgIpc) is 2.79. The summed E-state index contributed by atoms with van der Waals surface area (Å²) in [4.78, 5) is 8.52. The van der Waals surface area contributed by atoms with Gasteiger partial charge in [0.05, 0.1) is 7.11 Å². The van der Waals surface area contributed by atoms with Crippen molar-refractivity contribution in [1.29, 1.82) is 0 Å². The Morgan fingerprint density at radius 1 is 0.957 bits per heavy atom. The van der Waals surface area contributed by atoms with E-state index in [-0.39, 0.29) is 5.92 Å². The van der Waals surface area contributed by atoms with Crippen molar-refractivity contribution in [3.05, 3.63) is 77.7 Å². The van der Waals surface area contributed by atoms with Crippen molar-refractivity contribution in [2.75, 3.05) is 7.11 Å². The van der Waals surface area contributed by atoms with Gasteiger partial charge in [-0.3, -0.25) is 0 Å². The molecule has 23 heavy (non-hydrogen) atoms. The van der Waals surface area contributed by atoms with Gasteiger partial charge in [-0.2, -0.15) is 0 Å². The molecule has 3 heteroatoms. The van der Waals surface area contributed by atoms with Crippen LogP contribution in [0.25, 0.3) is 11.1 Å².